The molecule has 0 aliphatic rings. The lowest BCUT2D eigenvalue weighted by atomic mass is 9.79. The van der Waals surface area contributed by atoms with Crippen LogP contribution in [0.2, 0.25) is 0 Å². The van der Waals surface area contributed by atoms with E-state index in [4.69, 9.17) is 9.73 Å². The van der Waals surface area contributed by atoms with Crippen LogP contribution in [-0.4, -0.2) is 28.1 Å². The van der Waals surface area contributed by atoms with Gasteiger partial charge < -0.3 is 9.30 Å². The number of rotatable bonds is 14. The van der Waals surface area contributed by atoms with E-state index < -0.39 is 5.60 Å². The molecule has 5 heteroatoms. The summed E-state index contributed by atoms with van der Waals surface area (Å²) in [7, 11) is 2.08. The van der Waals surface area contributed by atoms with E-state index in [-0.39, 0.29) is 28.5 Å². The van der Waals surface area contributed by atoms with Gasteiger partial charge in [0.05, 0.1) is 5.69 Å². The third kappa shape index (κ3) is 18.0. The highest BCUT2D eigenvalue weighted by atomic mass is 16.6. The highest BCUT2D eigenvalue weighted by Gasteiger charge is 2.25. The molecule has 2 unspecified atom stereocenters. The first-order valence-electron chi connectivity index (χ1n) is 17.1. The second-order valence-electron chi connectivity index (χ2n) is 16.7. The summed E-state index contributed by atoms with van der Waals surface area (Å²) in [5.41, 5.74) is 3.77. The Morgan fingerprint density at radius 1 is 0.955 bits per heavy atom. The van der Waals surface area contributed by atoms with Gasteiger partial charge in [-0.1, -0.05) is 95.1 Å². The fourth-order valence-electron chi connectivity index (χ4n) is 5.11. The molecule has 2 atom stereocenters. The fourth-order valence-corrected chi connectivity index (χ4v) is 5.11. The van der Waals surface area contributed by atoms with Crippen LogP contribution in [0.4, 0.5) is 5.69 Å². The van der Waals surface area contributed by atoms with E-state index in [2.05, 4.69) is 101 Å². The van der Waals surface area contributed by atoms with Gasteiger partial charge in [0.15, 0.2) is 5.78 Å². The number of hydrogen-bond donors (Lipinski definition) is 0. The Morgan fingerprint density at radius 2 is 1.52 bits per heavy atom. The zero-order chi connectivity index (χ0) is 34.5. The van der Waals surface area contributed by atoms with E-state index in [1.165, 1.54) is 5.69 Å². The number of allylic oxidation sites excluding steroid dienone is 2. The zero-order valence-electron chi connectivity index (χ0n) is 31.7. The average molecular weight is 615 g/mol. The van der Waals surface area contributed by atoms with Crippen molar-refractivity contribution >= 4 is 23.7 Å². The number of ketones is 1. The van der Waals surface area contributed by atoms with Gasteiger partial charge in [0.2, 0.25) is 0 Å². The zero-order valence-corrected chi connectivity index (χ0v) is 31.7. The molecule has 0 aliphatic carbocycles. The molecular weight excluding hydrogens is 544 g/mol. The van der Waals surface area contributed by atoms with Crippen LogP contribution in [-0.2, 0) is 26.8 Å². The smallest absolute Gasteiger partial charge is 0.306 e. The number of esters is 1. The number of unbranched alkanes of at least 4 members (excludes halogenated alkanes) is 1. The van der Waals surface area contributed by atoms with Gasteiger partial charge in [-0.2, -0.15) is 0 Å². The van der Waals surface area contributed by atoms with Gasteiger partial charge in [-0.05, 0) is 82.6 Å². The fraction of sp³-hybridized carbons (Fsp3) is 0.769. The van der Waals surface area contributed by atoms with Gasteiger partial charge in [0.25, 0.3) is 0 Å². The molecule has 0 amide bonds. The summed E-state index contributed by atoms with van der Waals surface area (Å²) in [6.07, 6.45) is 10.6. The Labute approximate surface area is 272 Å². The minimum absolute atomic E-state index is 0.0281. The van der Waals surface area contributed by atoms with Crippen LogP contribution in [0.15, 0.2) is 22.7 Å². The molecule has 1 aromatic heterocycles. The maximum atomic E-state index is 13.2. The van der Waals surface area contributed by atoms with Crippen molar-refractivity contribution in [3.8, 4) is 0 Å². The summed E-state index contributed by atoms with van der Waals surface area (Å²) in [6.45, 7) is 32.0. The van der Waals surface area contributed by atoms with Crippen LogP contribution in [0.5, 0.6) is 0 Å². The van der Waals surface area contributed by atoms with Crippen molar-refractivity contribution in [2.45, 2.75) is 166 Å². The molecule has 0 spiro atoms. The summed E-state index contributed by atoms with van der Waals surface area (Å²) in [6, 6.07) is 2.13. The van der Waals surface area contributed by atoms with Crippen LogP contribution >= 0.6 is 0 Å². The molecule has 0 bridgehead atoms. The van der Waals surface area contributed by atoms with Crippen molar-refractivity contribution in [3.63, 3.8) is 0 Å². The average Bonchev–Trinajstić information content (AvgIpc) is 3.12. The summed E-state index contributed by atoms with van der Waals surface area (Å²) >= 11 is 0. The van der Waals surface area contributed by atoms with Crippen LogP contribution in [0, 0.1) is 30.1 Å². The molecule has 0 saturated heterocycles. The summed E-state index contributed by atoms with van der Waals surface area (Å²) in [5, 5.41) is 0. The van der Waals surface area contributed by atoms with E-state index in [0.717, 1.165) is 55.8 Å². The van der Waals surface area contributed by atoms with Crippen molar-refractivity contribution in [2.24, 2.45) is 35.2 Å². The largest absolute Gasteiger partial charge is 0.460 e. The molecule has 5 nitrogen and oxygen atoms in total. The molecule has 0 radical (unpaired) electrons. The molecule has 0 fully saturated rings. The van der Waals surface area contributed by atoms with E-state index >= 15 is 0 Å². The lowest BCUT2D eigenvalue weighted by molar-refractivity contribution is -0.156. The second kappa shape index (κ2) is 18.7. The number of hydrogen-bond acceptors (Lipinski definition) is 4. The number of nitrogens with zero attached hydrogens (tertiary/aromatic N) is 2. The van der Waals surface area contributed by atoms with Crippen LogP contribution in [0.25, 0.3) is 0 Å². The molecule has 1 aromatic rings. The monoisotopic (exact) mass is 615 g/mol. The van der Waals surface area contributed by atoms with Crippen molar-refractivity contribution in [1.29, 1.82) is 0 Å². The molecular formula is C39H70N2O3. The quantitative estimate of drug-likeness (QED) is 0.0906. The normalized spacial score (nSPS) is 14.4. The lowest BCUT2D eigenvalue weighted by Crippen LogP contribution is -2.26. The third-order valence-electron chi connectivity index (χ3n) is 7.57. The Balaban J connectivity index is 0.00000433. The minimum Gasteiger partial charge on any atom is -0.460 e. The number of Topliss-reactive ketones (excluding diaryl/α,β-unsaturated/α-hetero) is 1. The Hall–Kier alpha value is -2.17. The highest BCUT2D eigenvalue weighted by molar-refractivity contribution is 6.13. The maximum Gasteiger partial charge on any atom is 0.306 e. The van der Waals surface area contributed by atoms with Crippen molar-refractivity contribution in [1.82, 2.24) is 4.57 Å². The number of carbonyl (C=O) groups is 2. The Morgan fingerprint density at radius 3 is 1.98 bits per heavy atom. The standard InChI is InChI=1S/C35H60N2O3.C4H10/c1-14-17-28(24-36-29-23-31(34(7,8)9)37(13)26(29)3)30(38)19-16-15-18-27(20-21-33(4,5)6)25(2)22-32(39)40-35(10,11)12;1-4(2)3/h17,23-25,27H,14-16,18-22H2,1-13H3;4H,1-3H3/b28-17-,36-24?;. The number of aliphatic imine (C=N–C) groups is 1. The predicted octanol–water partition coefficient (Wildman–Crippen LogP) is 11.3. The maximum absolute atomic E-state index is 13.2. The topological polar surface area (TPSA) is 60.7 Å². The third-order valence-corrected chi connectivity index (χ3v) is 7.57. The van der Waals surface area contributed by atoms with E-state index in [1.54, 1.807) is 6.21 Å². The molecule has 1 heterocycles. The number of ether oxygens (including phenoxy) is 1. The van der Waals surface area contributed by atoms with Crippen molar-refractivity contribution in [2.75, 3.05) is 0 Å². The number of carbonyl (C=O) groups excluding carboxylic acids is 2. The second-order valence-corrected chi connectivity index (χ2v) is 16.7. The molecule has 44 heavy (non-hydrogen) atoms. The lowest BCUT2D eigenvalue weighted by Gasteiger charge is -2.28. The van der Waals surface area contributed by atoms with Crippen molar-refractivity contribution < 1.29 is 14.3 Å². The summed E-state index contributed by atoms with van der Waals surface area (Å²) in [5.74, 6) is 1.56. The van der Waals surface area contributed by atoms with Crippen LogP contribution in [0.3, 0.4) is 0 Å². The minimum atomic E-state index is -0.459. The van der Waals surface area contributed by atoms with E-state index in [1.807, 2.05) is 26.8 Å². The van der Waals surface area contributed by atoms with E-state index in [9.17, 15) is 9.59 Å². The first kappa shape index (κ1) is 41.8. The Kier molecular flexibility index (Phi) is 17.8. The predicted molar refractivity (Wildman–Crippen MR) is 191 cm³/mol. The van der Waals surface area contributed by atoms with Gasteiger partial charge in [0, 0.05) is 48.5 Å². The number of aromatic nitrogens is 1. The highest BCUT2D eigenvalue weighted by Crippen LogP contribution is 2.33. The van der Waals surface area contributed by atoms with Gasteiger partial charge in [-0.3, -0.25) is 14.6 Å². The van der Waals surface area contributed by atoms with Gasteiger partial charge in [0.1, 0.15) is 5.60 Å². The van der Waals surface area contributed by atoms with Crippen LogP contribution < -0.4 is 0 Å². The van der Waals surface area contributed by atoms with Crippen LogP contribution in [0.1, 0.15) is 160 Å². The molecule has 0 aromatic carbocycles. The summed E-state index contributed by atoms with van der Waals surface area (Å²) < 4.78 is 7.79. The SMILES string of the molecule is CC(C)C.CC/C=C(/C=Nc1cc(C(C)(C)C)n(C)c1C)C(=O)CCCCC(CCC(C)(C)C)C(C)CC(=O)OC(C)(C)C. The van der Waals surface area contributed by atoms with E-state index in [0.29, 0.717) is 24.3 Å². The molecule has 0 aliphatic heterocycles. The molecule has 0 N–H and O–H groups in total. The summed E-state index contributed by atoms with van der Waals surface area (Å²) in [4.78, 5) is 30.4. The van der Waals surface area contributed by atoms with Crippen molar-refractivity contribution in [3.05, 3.63) is 29.1 Å². The first-order valence-corrected chi connectivity index (χ1v) is 17.1. The van der Waals surface area contributed by atoms with Gasteiger partial charge in [-0.25, -0.2) is 0 Å². The van der Waals surface area contributed by atoms with Gasteiger partial charge >= 0.3 is 5.97 Å². The first-order chi connectivity index (χ1) is 20.0. The molecule has 254 valence electrons. The van der Waals surface area contributed by atoms with Gasteiger partial charge in [-0.15, -0.1) is 0 Å². The molecule has 0 saturated carbocycles. The molecule has 1 rings (SSSR count). The Bertz CT molecular complexity index is 1070.